The molecule has 0 aromatic heterocycles. The number of benzene rings is 1. The van der Waals surface area contributed by atoms with E-state index in [1.54, 1.807) is 0 Å². The van der Waals surface area contributed by atoms with Crippen molar-refractivity contribution < 1.29 is 8.78 Å². The van der Waals surface area contributed by atoms with E-state index in [0.29, 0.717) is 5.56 Å². The smallest absolute Gasteiger partial charge is 0.130 e. The second-order valence-electron chi connectivity index (χ2n) is 5.63. The van der Waals surface area contributed by atoms with E-state index >= 15 is 0 Å². The van der Waals surface area contributed by atoms with Gasteiger partial charge in [0.25, 0.3) is 0 Å². The Balaban J connectivity index is 1.78. The topological polar surface area (TPSA) is 12.0 Å². The molecule has 3 heteroatoms. The normalized spacial score (nSPS) is 18.5. The summed E-state index contributed by atoms with van der Waals surface area (Å²) in [6.07, 6.45) is 7.91. The summed E-state index contributed by atoms with van der Waals surface area (Å²) < 4.78 is 26.4. The van der Waals surface area contributed by atoms with Crippen molar-refractivity contribution in [3.05, 3.63) is 35.4 Å². The standard InChI is InChI=1S/C16H23F2N/c1-12(15-8-7-14(17)11-16(15)18)19-10-9-13-5-3-2-4-6-13/h7-8,11-13,19H,2-6,9-10H2,1H3. The summed E-state index contributed by atoms with van der Waals surface area (Å²) in [7, 11) is 0. The van der Waals surface area contributed by atoms with Gasteiger partial charge in [0.05, 0.1) is 0 Å². The van der Waals surface area contributed by atoms with Gasteiger partial charge in [0.15, 0.2) is 0 Å². The number of halogens is 2. The summed E-state index contributed by atoms with van der Waals surface area (Å²) in [5, 5.41) is 3.34. The summed E-state index contributed by atoms with van der Waals surface area (Å²) in [6, 6.07) is 3.74. The minimum atomic E-state index is -0.518. The number of nitrogens with one attached hydrogen (secondary N) is 1. The van der Waals surface area contributed by atoms with E-state index in [2.05, 4.69) is 5.32 Å². The summed E-state index contributed by atoms with van der Waals surface area (Å²) in [5.74, 6) is -0.153. The molecule has 1 atom stereocenters. The maximum atomic E-state index is 13.6. The zero-order valence-corrected chi connectivity index (χ0v) is 11.6. The van der Waals surface area contributed by atoms with Gasteiger partial charge in [0.2, 0.25) is 0 Å². The van der Waals surface area contributed by atoms with Crippen LogP contribution in [0.5, 0.6) is 0 Å². The Morgan fingerprint density at radius 3 is 2.63 bits per heavy atom. The average molecular weight is 267 g/mol. The summed E-state index contributed by atoms with van der Waals surface area (Å²) in [4.78, 5) is 0. The van der Waals surface area contributed by atoms with Crippen molar-refractivity contribution in [2.45, 2.75) is 51.5 Å². The van der Waals surface area contributed by atoms with Crippen LogP contribution in [0.25, 0.3) is 0 Å². The fourth-order valence-electron chi connectivity index (χ4n) is 2.94. The Kier molecular flexibility index (Phi) is 5.32. The molecule has 0 aliphatic heterocycles. The molecule has 0 bridgehead atoms. The summed E-state index contributed by atoms with van der Waals surface area (Å²) in [5.41, 5.74) is 0.546. The van der Waals surface area contributed by atoms with Crippen molar-refractivity contribution in [3.63, 3.8) is 0 Å². The van der Waals surface area contributed by atoms with Gasteiger partial charge in [-0.15, -0.1) is 0 Å². The average Bonchev–Trinajstić information content (AvgIpc) is 2.39. The molecule has 19 heavy (non-hydrogen) atoms. The summed E-state index contributed by atoms with van der Waals surface area (Å²) in [6.45, 7) is 2.83. The molecular weight excluding hydrogens is 244 g/mol. The van der Waals surface area contributed by atoms with Gasteiger partial charge in [-0.2, -0.15) is 0 Å². The molecule has 1 aromatic carbocycles. The van der Waals surface area contributed by atoms with Gasteiger partial charge in [-0.1, -0.05) is 38.2 Å². The third-order valence-corrected chi connectivity index (χ3v) is 4.16. The third kappa shape index (κ3) is 4.27. The molecule has 1 aliphatic rings. The quantitative estimate of drug-likeness (QED) is 0.823. The Bertz CT molecular complexity index is 400. The van der Waals surface area contributed by atoms with Crippen molar-refractivity contribution in [1.82, 2.24) is 5.32 Å². The highest BCUT2D eigenvalue weighted by atomic mass is 19.1. The lowest BCUT2D eigenvalue weighted by atomic mass is 9.87. The number of hydrogen-bond donors (Lipinski definition) is 1. The molecule has 1 fully saturated rings. The van der Waals surface area contributed by atoms with Crippen LogP contribution in [0.3, 0.4) is 0 Å². The highest BCUT2D eigenvalue weighted by Gasteiger charge is 2.15. The molecule has 1 saturated carbocycles. The van der Waals surface area contributed by atoms with Gasteiger partial charge < -0.3 is 5.32 Å². The molecule has 0 spiro atoms. The SMILES string of the molecule is CC(NCCC1CCCCC1)c1ccc(F)cc1F. The Morgan fingerprint density at radius 1 is 1.21 bits per heavy atom. The molecule has 1 aliphatic carbocycles. The van der Waals surface area contributed by atoms with Gasteiger partial charge in [-0.25, -0.2) is 8.78 Å². The fraction of sp³-hybridized carbons (Fsp3) is 0.625. The maximum Gasteiger partial charge on any atom is 0.130 e. The Labute approximate surface area is 114 Å². The molecule has 1 aromatic rings. The third-order valence-electron chi connectivity index (χ3n) is 4.16. The van der Waals surface area contributed by atoms with E-state index in [-0.39, 0.29) is 6.04 Å². The number of hydrogen-bond acceptors (Lipinski definition) is 1. The van der Waals surface area contributed by atoms with Crippen molar-refractivity contribution in [1.29, 1.82) is 0 Å². The summed E-state index contributed by atoms with van der Waals surface area (Å²) >= 11 is 0. The fourth-order valence-corrected chi connectivity index (χ4v) is 2.94. The Morgan fingerprint density at radius 2 is 1.95 bits per heavy atom. The molecule has 0 saturated heterocycles. The molecule has 1 N–H and O–H groups in total. The first-order chi connectivity index (χ1) is 9.16. The van der Waals surface area contributed by atoms with Crippen LogP contribution in [-0.2, 0) is 0 Å². The highest BCUT2D eigenvalue weighted by molar-refractivity contribution is 5.21. The first-order valence-electron chi connectivity index (χ1n) is 7.35. The zero-order chi connectivity index (χ0) is 13.7. The lowest BCUT2D eigenvalue weighted by Gasteiger charge is -2.23. The highest BCUT2D eigenvalue weighted by Crippen LogP contribution is 2.26. The van der Waals surface area contributed by atoms with E-state index in [0.717, 1.165) is 24.9 Å². The van der Waals surface area contributed by atoms with E-state index in [1.807, 2.05) is 6.92 Å². The molecule has 0 heterocycles. The van der Waals surface area contributed by atoms with Crippen molar-refractivity contribution in [3.8, 4) is 0 Å². The minimum absolute atomic E-state index is 0.0656. The molecule has 0 radical (unpaired) electrons. The van der Waals surface area contributed by atoms with Crippen LogP contribution in [0.4, 0.5) is 8.78 Å². The van der Waals surface area contributed by atoms with Crippen molar-refractivity contribution in [2.75, 3.05) is 6.54 Å². The predicted molar refractivity (Wildman–Crippen MR) is 74.0 cm³/mol. The van der Waals surface area contributed by atoms with E-state index in [1.165, 1.54) is 44.2 Å². The first kappa shape index (κ1) is 14.4. The maximum absolute atomic E-state index is 13.6. The molecule has 1 nitrogen and oxygen atoms in total. The predicted octanol–water partition coefficient (Wildman–Crippen LogP) is 4.59. The molecule has 2 rings (SSSR count). The van der Waals surface area contributed by atoms with Gasteiger partial charge in [0, 0.05) is 17.7 Å². The lowest BCUT2D eigenvalue weighted by molar-refractivity contribution is 0.329. The van der Waals surface area contributed by atoms with Crippen LogP contribution in [0.15, 0.2) is 18.2 Å². The zero-order valence-electron chi connectivity index (χ0n) is 11.6. The minimum Gasteiger partial charge on any atom is -0.310 e. The van der Waals surface area contributed by atoms with Crippen LogP contribution in [0, 0.1) is 17.6 Å². The molecular formula is C16H23F2N. The number of rotatable bonds is 5. The van der Waals surface area contributed by atoms with Crippen LogP contribution in [0.1, 0.15) is 57.1 Å². The second-order valence-corrected chi connectivity index (χ2v) is 5.63. The van der Waals surface area contributed by atoms with E-state index in [4.69, 9.17) is 0 Å². The van der Waals surface area contributed by atoms with Crippen molar-refractivity contribution in [2.24, 2.45) is 5.92 Å². The lowest BCUT2D eigenvalue weighted by Crippen LogP contribution is -2.23. The largest absolute Gasteiger partial charge is 0.310 e. The first-order valence-corrected chi connectivity index (χ1v) is 7.35. The van der Waals surface area contributed by atoms with Crippen LogP contribution in [-0.4, -0.2) is 6.54 Å². The van der Waals surface area contributed by atoms with Crippen LogP contribution >= 0.6 is 0 Å². The van der Waals surface area contributed by atoms with Gasteiger partial charge in [-0.3, -0.25) is 0 Å². The second kappa shape index (κ2) is 6.99. The van der Waals surface area contributed by atoms with E-state index < -0.39 is 11.6 Å². The Hall–Kier alpha value is -0.960. The van der Waals surface area contributed by atoms with E-state index in [9.17, 15) is 8.78 Å². The van der Waals surface area contributed by atoms with Crippen LogP contribution in [0.2, 0.25) is 0 Å². The molecule has 106 valence electrons. The molecule has 0 amide bonds. The monoisotopic (exact) mass is 267 g/mol. The molecule has 1 unspecified atom stereocenters. The van der Waals surface area contributed by atoms with Crippen molar-refractivity contribution >= 4 is 0 Å². The van der Waals surface area contributed by atoms with Crippen LogP contribution < -0.4 is 5.32 Å². The van der Waals surface area contributed by atoms with Gasteiger partial charge in [-0.05, 0) is 31.9 Å². The van der Waals surface area contributed by atoms with Gasteiger partial charge in [0.1, 0.15) is 11.6 Å². The van der Waals surface area contributed by atoms with Gasteiger partial charge >= 0.3 is 0 Å².